The first kappa shape index (κ1) is 33.6. The van der Waals surface area contributed by atoms with Gasteiger partial charge >= 0.3 is 12.1 Å². The van der Waals surface area contributed by atoms with Crippen molar-refractivity contribution in [3.05, 3.63) is 84.4 Å². The van der Waals surface area contributed by atoms with Crippen molar-refractivity contribution in [1.82, 2.24) is 9.80 Å². The smallest absolute Gasteiger partial charge is 0.416 e. The number of piperazine rings is 1. The van der Waals surface area contributed by atoms with Crippen LogP contribution < -0.4 is 15.0 Å². The molecular weight excluding hydrogens is 641 g/mol. The molecule has 0 saturated carbocycles. The van der Waals surface area contributed by atoms with Crippen LogP contribution in [0.25, 0.3) is 10.8 Å². The van der Waals surface area contributed by atoms with Crippen LogP contribution in [0, 0.1) is 0 Å². The number of amides is 1. The maximum absolute atomic E-state index is 13.5. The summed E-state index contributed by atoms with van der Waals surface area (Å²) >= 11 is 1.50. The average Bonchev–Trinajstić information content (AvgIpc) is 3.07. The van der Waals surface area contributed by atoms with Crippen molar-refractivity contribution in [2.24, 2.45) is 0 Å². The molecule has 0 bridgehead atoms. The van der Waals surface area contributed by atoms with Gasteiger partial charge in [0.25, 0.3) is 0 Å². The Kier molecular flexibility index (Phi) is 10.4. The maximum Gasteiger partial charge on any atom is 0.416 e. The summed E-state index contributed by atoms with van der Waals surface area (Å²) in [7, 11) is 0. The molecule has 1 fully saturated rings. The first-order valence-electron chi connectivity index (χ1n) is 15.9. The number of fused-ring (bicyclic) bond motifs is 3. The lowest BCUT2D eigenvalue weighted by Crippen LogP contribution is -2.47. The lowest BCUT2D eigenvalue weighted by Gasteiger charge is -2.36. The highest BCUT2D eigenvalue weighted by Crippen LogP contribution is 2.49. The lowest BCUT2D eigenvalue weighted by molar-refractivity contribution is -0.146. The van der Waals surface area contributed by atoms with Gasteiger partial charge in [0, 0.05) is 61.4 Å². The number of halogens is 3. The monoisotopic (exact) mass is 678 g/mol. The zero-order chi connectivity index (χ0) is 33.7. The van der Waals surface area contributed by atoms with Gasteiger partial charge in [-0.25, -0.2) is 4.79 Å². The number of benzene rings is 4. The first-order valence-corrected chi connectivity index (χ1v) is 16.8. The topological polar surface area (TPSA) is 74.3 Å². The molecule has 0 atom stereocenters. The molecule has 0 aliphatic carbocycles. The summed E-state index contributed by atoms with van der Waals surface area (Å²) < 4.78 is 51.8. The van der Waals surface area contributed by atoms with Crippen LogP contribution in [-0.4, -0.2) is 80.7 Å². The van der Waals surface area contributed by atoms with Crippen LogP contribution in [0.5, 0.6) is 5.75 Å². The largest absolute Gasteiger partial charge is 0.480 e. The number of carbonyl (C=O) groups excluding carboxylic acids is 2. The Morgan fingerprint density at radius 2 is 1.54 bits per heavy atom. The zero-order valence-corrected chi connectivity index (χ0v) is 27.4. The molecule has 252 valence electrons. The van der Waals surface area contributed by atoms with Gasteiger partial charge in [-0.15, -0.1) is 0 Å². The summed E-state index contributed by atoms with van der Waals surface area (Å²) in [6, 6.07) is 23.0. The van der Waals surface area contributed by atoms with Gasteiger partial charge in [0.05, 0.1) is 22.6 Å². The Bertz CT molecular complexity index is 1780. The molecule has 6 rings (SSSR count). The number of carbonyl (C=O) groups is 2. The first-order chi connectivity index (χ1) is 23.2. The van der Waals surface area contributed by atoms with Crippen molar-refractivity contribution < 1.29 is 32.2 Å². The molecule has 0 radical (unpaired) electrons. The molecule has 0 aromatic heterocycles. The van der Waals surface area contributed by atoms with E-state index in [-0.39, 0.29) is 19.1 Å². The zero-order valence-electron chi connectivity index (χ0n) is 26.6. The number of nitrogens with one attached hydrogen (secondary N) is 1. The summed E-state index contributed by atoms with van der Waals surface area (Å²) in [5.74, 6) is -0.327. The Balaban J connectivity index is 0.941. The van der Waals surface area contributed by atoms with E-state index in [1.807, 2.05) is 59.5 Å². The van der Waals surface area contributed by atoms with E-state index in [0.29, 0.717) is 30.2 Å². The average molecular weight is 679 g/mol. The predicted octanol–water partition coefficient (Wildman–Crippen LogP) is 7.05. The van der Waals surface area contributed by atoms with Crippen LogP contribution in [0.15, 0.2) is 88.7 Å². The third kappa shape index (κ3) is 8.05. The van der Waals surface area contributed by atoms with Crippen molar-refractivity contribution >= 4 is 51.5 Å². The van der Waals surface area contributed by atoms with Crippen LogP contribution in [0.4, 0.5) is 30.2 Å². The minimum atomic E-state index is -4.40. The number of anilines is 3. The summed E-state index contributed by atoms with van der Waals surface area (Å²) in [6.45, 7) is 6.78. The molecule has 48 heavy (non-hydrogen) atoms. The van der Waals surface area contributed by atoms with Gasteiger partial charge in [-0.3, -0.25) is 9.69 Å². The van der Waals surface area contributed by atoms with Crippen LogP contribution >= 0.6 is 11.8 Å². The van der Waals surface area contributed by atoms with Gasteiger partial charge in [-0.1, -0.05) is 54.2 Å². The van der Waals surface area contributed by atoms with Crippen LogP contribution in [0.3, 0.4) is 0 Å². The second kappa shape index (κ2) is 14.9. The lowest BCUT2D eigenvalue weighted by atomic mass is 10.1. The van der Waals surface area contributed by atoms with Gasteiger partial charge < -0.3 is 24.6 Å². The SMILES string of the molecule is CC(=O)Nc1c(OCC(=O)OCCN2CCN(CCCN3c4ccccc4Sc4ccc(C(F)(F)F)cc43)CC2)ccc2ccccc12. The molecule has 4 aromatic carbocycles. The maximum atomic E-state index is 13.5. The van der Waals surface area contributed by atoms with E-state index >= 15 is 0 Å². The minimum absolute atomic E-state index is 0.237. The molecule has 8 nitrogen and oxygen atoms in total. The van der Waals surface area contributed by atoms with Gasteiger partial charge in [-0.2, -0.15) is 13.2 Å². The summed E-state index contributed by atoms with van der Waals surface area (Å²) in [5, 5.41) is 4.57. The Morgan fingerprint density at radius 1 is 0.833 bits per heavy atom. The van der Waals surface area contributed by atoms with E-state index in [1.165, 1.54) is 24.8 Å². The fraction of sp³-hybridized carbons (Fsp3) is 0.333. The molecule has 4 aromatic rings. The molecule has 2 aliphatic rings. The third-order valence-corrected chi connectivity index (χ3v) is 9.61. The Morgan fingerprint density at radius 3 is 2.31 bits per heavy atom. The summed E-state index contributed by atoms with van der Waals surface area (Å²) in [6.07, 6.45) is -3.60. The summed E-state index contributed by atoms with van der Waals surface area (Å²) in [5.41, 5.74) is 1.42. The standard InChI is InChI=1S/C36H37F3N4O4S/c1-25(44)40-35-28-8-3-2-7-26(28)11-13-31(35)47-24-34(45)46-22-21-42-19-17-41(18-20-42)15-6-16-43-29-9-4-5-10-32(29)48-33-14-12-27(23-30(33)43)36(37,38)39/h2-5,7-14,23H,6,15-22,24H2,1H3,(H,40,44). The van der Waals surface area contributed by atoms with Crippen LogP contribution in [-0.2, 0) is 20.5 Å². The van der Waals surface area contributed by atoms with E-state index < -0.39 is 17.7 Å². The number of nitrogens with zero attached hydrogens (tertiary/aromatic N) is 3. The van der Waals surface area contributed by atoms with E-state index in [9.17, 15) is 22.8 Å². The molecule has 2 heterocycles. The number of para-hydroxylation sites is 1. The highest BCUT2D eigenvalue weighted by Gasteiger charge is 2.33. The highest BCUT2D eigenvalue weighted by atomic mass is 32.2. The minimum Gasteiger partial charge on any atom is -0.480 e. The molecular formula is C36H37F3N4O4S. The number of hydrogen-bond acceptors (Lipinski definition) is 8. The molecule has 0 unspecified atom stereocenters. The van der Waals surface area contributed by atoms with E-state index in [1.54, 1.807) is 12.1 Å². The third-order valence-electron chi connectivity index (χ3n) is 8.48. The molecule has 1 amide bonds. The number of ether oxygens (including phenoxy) is 2. The summed E-state index contributed by atoms with van der Waals surface area (Å²) in [4.78, 5) is 32.7. The van der Waals surface area contributed by atoms with E-state index in [0.717, 1.165) is 71.5 Å². The van der Waals surface area contributed by atoms with Gasteiger partial charge in [0.2, 0.25) is 5.91 Å². The van der Waals surface area contributed by atoms with Crippen molar-refractivity contribution in [3.8, 4) is 5.75 Å². The van der Waals surface area contributed by atoms with Crippen LogP contribution in [0.1, 0.15) is 18.9 Å². The van der Waals surface area contributed by atoms with E-state index in [4.69, 9.17) is 9.47 Å². The fourth-order valence-electron chi connectivity index (χ4n) is 6.08. The predicted molar refractivity (Wildman–Crippen MR) is 181 cm³/mol. The Hall–Kier alpha value is -4.26. The highest BCUT2D eigenvalue weighted by molar-refractivity contribution is 7.99. The van der Waals surface area contributed by atoms with E-state index in [2.05, 4.69) is 15.1 Å². The number of rotatable bonds is 11. The molecule has 2 aliphatic heterocycles. The molecule has 0 spiro atoms. The Labute approximate surface area is 281 Å². The number of hydrogen-bond donors (Lipinski definition) is 1. The van der Waals surface area contributed by atoms with Gasteiger partial charge in [0.15, 0.2) is 6.61 Å². The molecule has 1 saturated heterocycles. The normalized spacial score (nSPS) is 15.1. The van der Waals surface area contributed by atoms with Crippen LogP contribution in [0.2, 0.25) is 0 Å². The second-order valence-electron chi connectivity index (χ2n) is 11.8. The van der Waals surface area contributed by atoms with Gasteiger partial charge in [-0.05, 0) is 54.8 Å². The van der Waals surface area contributed by atoms with Crippen molar-refractivity contribution in [2.45, 2.75) is 29.3 Å². The molecule has 1 N–H and O–H groups in total. The molecule has 12 heteroatoms. The van der Waals surface area contributed by atoms with Gasteiger partial charge in [0.1, 0.15) is 12.4 Å². The second-order valence-corrected chi connectivity index (χ2v) is 12.9. The van der Waals surface area contributed by atoms with Crippen molar-refractivity contribution in [3.63, 3.8) is 0 Å². The van der Waals surface area contributed by atoms with Crippen molar-refractivity contribution in [1.29, 1.82) is 0 Å². The quantitative estimate of drug-likeness (QED) is 0.169. The number of alkyl halides is 3. The van der Waals surface area contributed by atoms with Crippen molar-refractivity contribution in [2.75, 3.05) is 69.2 Å². The fourth-order valence-corrected chi connectivity index (χ4v) is 7.16. The number of esters is 1.